The molecule has 14 heavy (non-hydrogen) atoms. The first-order valence-electron chi connectivity index (χ1n) is 4.09. The molecule has 0 saturated carbocycles. The molecule has 0 aliphatic carbocycles. The molecular weight excluding hydrogens is 270 g/mol. The summed E-state index contributed by atoms with van der Waals surface area (Å²) in [5.41, 5.74) is 1.12. The minimum Gasteiger partial charge on any atom is -0.298 e. The highest BCUT2D eigenvalue weighted by atomic mass is 79.9. The van der Waals surface area contributed by atoms with Crippen LogP contribution in [0.2, 0.25) is 5.02 Å². The van der Waals surface area contributed by atoms with Crippen molar-refractivity contribution in [2.75, 3.05) is 5.33 Å². The van der Waals surface area contributed by atoms with Crippen LogP contribution in [0.5, 0.6) is 0 Å². The van der Waals surface area contributed by atoms with Gasteiger partial charge >= 0.3 is 0 Å². The second kappa shape index (κ2) is 5.47. The average Bonchev–Trinajstić information content (AvgIpc) is 2.21. The predicted molar refractivity (Wildman–Crippen MR) is 58.8 cm³/mol. The van der Waals surface area contributed by atoms with E-state index in [4.69, 9.17) is 11.6 Å². The van der Waals surface area contributed by atoms with Crippen LogP contribution in [-0.2, 0) is 17.9 Å². The average molecular weight is 280 g/mol. The van der Waals surface area contributed by atoms with Gasteiger partial charge in [0.05, 0.1) is 10.4 Å². The summed E-state index contributed by atoms with van der Waals surface area (Å²) in [6, 6.07) is 5.06. The summed E-state index contributed by atoms with van der Waals surface area (Å²) in [6.07, 6.45) is 0.248. The van der Waals surface area contributed by atoms with Crippen molar-refractivity contribution in [2.24, 2.45) is 0 Å². The van der Waals surface area contributed by atoms with E-state index in [0.717, 1.165) is 0 Å². The molecule has 0 unspecified atom stereocenters. The van der Waals surface area contributed by atoms with Gasteiger partial charge in [-0.15, -0.1) is 0 Å². The van der Waals surface area contributed by atoms with Gasteiger partial charge in [0.1, 0.15) is 12.5 Å². The maximum Gasteiger partial charge on any atom is 0.147 e. The first-order chi connectivity index (χ1) is 6.69. The third kappa shape index (κ3) is 2.79. The smallest absolute Gasteiger partial charge is 0.147 e. The molecule has 1 aromatic rings. The Morgan fingerprint density at radius 3 is 2.64 bits per heavy atom. The lowest BCUT2D eigenvalue weighted by Gasteiger charge is -2.05. The van der Waals surface area contributed by atoms with Gasteiger partial charge in [-0.25, -0.2) is 4.39 Å². The molecule has 0 amide bonds. The van der Waals surface area contributed by atoms with Crippen LogP contribution in [0.4, 0.5) is 4.39 Å². The maximum absolute atomic E-state index is 12.4. The van der Waals surface area contributed by atoms with E-state index in [2.05, 4.69) is 15.9 Å². The topological polar surface area (TPSA) is 17.1 Å². The van der Waals surface area contributed by atoms with Crippen LogP contribution in [-0.4, -0.2) is 11.1 Å². The second-order valence-electron chi connectivity index (χ2n) is 2.87. The van der Waals surface area contributed by atoms with Crippen molar-refractivity contribution >= 4 is 33.3 Å². The summed E-state index contributed by atoms with van der Waals surface area (Å²) in [7, 11) is 0. The summed E-state index contributed by atoms with van der Waals surface area (Å²) in [5, 5.41) is 0.660. The SMILES string of the molecule is O=C(CBr)Cc1cccc(CF)c1Cl. The van der Waals surface area contributed by atoms with Crippen LogP contribution in [0.25, 0.3) is 0 Å². The highest BCUT2D eigenvalue weighted by molar-refractivity contribution is 9.09. The number of rotatable bonds is 4. The monoisotopic (exact) mass is 278 g/mol. The summed E-state index contributed by atoms with van der Waals surface area (Å²) < 4.78 is 12.4. The third-order valence-corrected chi connectivity index (χ3v) is 2.95. The Hall–Kier alpha value is -0.410. The molecule has 0 radical (unpaired) electrons. The number of hydrogen-bond donors (Lipinski definition) is 0. The fourth-order valence-corrected chi connectivity index (χ4v) is 1.57. The molecule has 0 N–H and O–H groups in total. The van der Waals surface area contributed by atoms with Crippen molar-refractivity contribution in [1.82, 2.24) is 0 Å². The molecule has 1 rings (SSSR count). The molecule has 0 atom stereocenters. The van der Waals surface area contributed by atoms with E-state index in [-0.39, 0.29) is 12.2 Å². The van der Waals surface area contributed by atoms with E-state index in [9.17, 15) is 9.18 Å². The summed E-state index contributed by atoms with van der Waals surface area (Å²) in [5.74, 6) is 0.0305. The number of carbonyl (C=O) groups excluding carboxylic acids is 1. The summed E-state index contributed by atoms with van der Waals surface area (Å²) in [6.45, 7) is -0.602. The first kappa shape index (κ1) is 11.7. The zero-order valence-electron chi connectivity index (χ0n) is 7.40. The zero-order chi connectivity index (χ0) is 10.6. The molecule has 0 heterocycles. The Morgan fingerprint density at radius 2 is 2.07 bits per heavy atom. The van der Waals surface area contributed by atoms with Gasteiger partial charge in [0.15, 0.2) is 0 Å². The van der Waals surface area contributed by atoms with E-state index in [1.165, 1.54) is 0 Å². The van der Waals surface area contributed by atoms with Crippen molar-refractivity contribution in [3.63, 3.8) is 0 Å². The van der Waals surface area contributed by atoms with E-state index < -0.39 is 6.67 Å². The van der Waals surface area contributed by atoms with E-state index in [1.54, 1.807) is 18.2 Å². The first-order valence-corrected chi connectivity index (χ1v) is 5.59. The van der Waals surface area contributed by atoms with Crippen molar-refractivity contribution in [3.8, 4) is 0 Å². The number of hydrogen-bond acceptors (Lipinski definition) is 1. The molecule has 0 saturated heterocycles. The van der Waals surface area contributed by atoms with Crippen LogP contribution in [0.15, 0.2) is 18.2 Å². The normalized spacial score (nSPS) is 10.2. The van der Waals surface area contributed by atoms with Gasteiger partial charge in [-0.3, -0.25) is 4.79 Å². The Bertz CT molecular complexity index is 341. The number of ketones is 1. The van der Waals surface area contributed by atoms with E-state index >= 15 is 0 Å². The molecule has 1 nitrogen and oxygen atoms in total. The molecular formula is C10H9BrClFO. The number of benzene rings is 1. The van der Waals surface area contributed by atoms with Crippen molar-refractivity contribution in [3.05, 3.63) is 34.3 Å². The van der Waals surface area contributed by atoms with Crippen LogP contribution < -0.4 is 0 Å². The van der Waals surface area contributed by atoms with Crippen LogP contribution >= 0.6 is 27.5 Å². The molecule has 0 aliphatic heterocycles. The Balaban J connectivity index is 2.92. The Kier molecular flexibility index (Phi) is 4.55. The molecule has 1 aromatic carbocycles. The zero-order valence-corrected chi connectivity index (χ0v) is 9.74. The molecule has 0 aliphatic rings. The molecule has 0 fully saturated rings. The molecule has 0 spiro atoms. The van der Waals surface area contributed by atoms with Crippen LogP contribution in [0.1, 0.15) is 11.1 Å². The highest BCUT2D eigenvalue weighted by Gasteiger charge is 2.08. The molecule has 76 valence electrons. The lowest BCUT2D eigenvalue weighted by molar-refractivity contribution is -0.115. The quantitative estimate of drug-likeness (QED) is 0.773. The van der Waals surface area contributed by atoms with E-state index in [0.29, 0.717) is 21.5 Å². The molecule has 4 heteroatoms. The van der Waals surface area contributed by atoms with Crippen molar-refractivity contribution < 1.29 is 9.18 Å². The second-order valence-corrected chi connectivity index (χ2v) is 3.81. The number of carbonyl (C=O) groups is 1. The lowest BCUT2D eigenvalue weighted by atomic mass is 10.1. The maximum atomic E-state index is 12.4. The van der Waals surface area contributed by atoms with Crippen LogP contribution in [0, 0.1) is 0 Å². The lowest BCUT2D eigenvalue weighted by Crippen LogP contribution is -2.04. The third-order valence-electron chi connectivity index (χ3n) is 1.84. The molecule has 0 aromatic heterocycles. The van der Waals surface area contributed by atoms with Gasteiger partial charge in [0.2, 0.25) is 0 Å². The van der Waals surface area contributed by atoms with Gasteiger partial charge in [0.25, 0.3) is 0 Å². The largest absolute Gasteiger partial charge is 0.298 e. The Morgan fingerprint density at radius 1 is 1.43 bits per heavy atom. The standard InChI is InChI=1S/C10H9BrClFO/c11-5-9(14)4-7-2-1-3-8(6-13)10(7)12/h1-3H,4-6H2. The predicted octanol–water partition coefficient (Wildman–Crippen LogP) is 3.32. The minimum atomic E-state index is -0.602. The fraction of sp³-hybridized carbons (Fsp3) is 0.300. The summed E-state index contributed by atoms with van der Waals surface area (Å²) in [4.78, 5) is 11.1. The van der Waals surface area contributed by atoms with Gasteiger partial charge in [0, 0.05) is 12.0 Å². The van der Waals surface area contributed by atoms with Crippen molar-refractivity contribution in [2.45, 2.75) is 13.1 Å². The van der Waals surface area contributed by atoms with Gasteiger partial charge < -0.3 is 0 Å². The minimum absolute atomic E-state index is 0.0305. The number of Topliss-reactive ketones (excluding diaryl/α,β-unsaturated/α-hetero) is 1. The van der Waals surface area contributed by atoms with Gasteiger partial charge in [-0.1, -0.05) is 45.7 Å². The summed E-state index contributed by atoms with van der Waals surface area (Å²) >= 11 is 8.97. The van der Waals surface area contributed by atoms with Gasteiger partial charge in [-0.2, -0.15) is 0 Å². The Labute approximate surface area is 95.4 Å². The number of alkyl halides is 2. The fourth-order valence-electron chi connectivity index (χ4n) is 1.13. The van der Waals surface area contributed by atoms with E-state index in [1.807, 2.05) is 0 Å². The number of halogens is 3. The highest BCUT2D eigenvalue weighted by Crippen LogP contribution is 2.22. The van der Waals surface area contributed by atoms with Crippen LogP contribution in [0.3, 0.4) is 0 Å². The van der Waals surface area contributed by atoms with Gasteiger partial charge in [-0.05, 0) is 5.56 Å². The van der Waals surface area contributed by atoms with Crippen molar-refractivity contribution in [1.29, 1.82) is 0 Å². The molecule has 0 bridgehead atoms.